The first-order valence-electron chi connectivity index (χ1n) is 7.82. The molecule has 0 bridgehead atoms. The number of hydrogen-bond donors (Lipinski definition) is 2. The van der Waals surface area contributed by atoms with Gasteiger partial charge in [-0.05, 0) is 25.8 Å². The zero-order valence-electron chi connectivity index (χ0n) is 12.9. The first-order valence-corrected chi connectivity index (χ1v) is 9.26. The van der Waals surface area contributed by atoms with E-state index in [0.29, 0.717) is 19.1 Å². The molecule has 1 aliphatic carbocycles. The molecule has 1 aliphatic heterocycles. The van der Waals surface area contributed by atoms with Crippen molar-refractivity contribution in [2.24, 2.45) is 0 Å². The molecule has 21 heavy (non-hydrogen) atoms. The largest absolute Gasteiger partial charge is 0.379 e. The van der Waals surface area contributed by atoms with Crippen molar-refractivity contribution in [1.82, 2.24) is 19.2 Å². The van der Waals surface area contributed by atoms with Gasteiger partial charge >= 0.3 is 0 Å². The van der Waals surface area contributed by atoms with Gasteiger partial charge in [0.1, 0.15) is 0 Å². The molecule has 0 aromatic rings. The van der Waals surface area contributed by atoms with Crippen LogP contribution < -0.4 is 10.0 Å². The van der Waals surface area contributed by atoms with Crippen molar-refractivity contribution in [2.75, 3.05) is 59.5 Å². The van der Waals surface area contributed by atoms with Gasteiger partial charge in [0.2, 0.25) is 0 Å². The summed E-state index contributed by atoms with van der Waals surface area (Å²) >= 11 is 0. The Morgan fingerprint density at radius 2 is 1.95 bits per heavy atom. The van der Waals surface area contributed by atoms with E-state index < -0.39 is 10.2 Å². The fourth-order valence-corrected chi connectivity index (χ4v) is 3.22. The van der Waals surface area contributed by atoms with Gasteiger partial charge in [-0.1, -0.05) is 0 Å². The molecule has 8 heteroatoms. The van der Waals surface area contributed by atoms with Crippen LogP contribution in [0, 0.1) is 0 Å². The van der Waals surface area contributed by atoms with Crippen molar-refractivity contribution in [3.8, 4) is 0 Å². The van der Waals surface area contributed by atoms with Gasteiger partial charge in [-0.2, -0.15) is 12.7 Å². The van der Waals surface area contributed by atoms with E-state index in [1.807, 2.05) is 0 Å². The van der Waals surface area contributed by atoms with Crippen molar-refractivity contribution in [2.45, 2.75) is 25.3 Å². The van der Waals surface area contributed by atoms with Gasteiger partial charge in [-0.15, -0.1) is 0 Å². The second-order valence-corrected chi connectivity index (χ2v) is 7.62. The number of rotatable bonds is 10. The maximum absolute atomic E-state index is 12.1. The van der Waals surface area contributed by atoms with Crippen LogP contribution in [-0.4, -0.2) is 83.2 Å². The summed E-state index contributed by atoms with van der Waals surface area (Å²) in [5, 5.41) is 3.39. The van der Waals surface area contributed by atoms with Gasteiger partial charge in [0.05, 0.1) is 13.2 Å². The molecule has 7 nitrogen and oxygen atoms in total. The van der Waals surface area contributed by atoms with E-state index in [1.165, 1.54) is 17.1 Å². The van der Waals surface area contributed by atoms with Gasteiger partial charge in [-0.3, -0.25) is 4.90 Å². The molecule has 1 saturated carbocycles. The van der Waals surface area contributed by atoms with Gasteiger partial charge in [0, 0.05) is 45.8 Å². The highest BCUT2D eigenvalue weighted by molar-refractivity contribution is 7.87. The van der Waals surface area contributed by atoms with Crippen LogP contribution in [0.3, 0.4) is 0 Å². The Labute approximate surface area is 128 Å². The second kappa shape index (κ2) is 8.40. The minimum Gasteiger partial charge on any atom is -0.379 e. The minimum absolute atomic E-state index is 0.451. The van der Waals surface area contributed by atoms with Crippen LogP contribution >= 0.6 is 0 Å². The maximum atomic E-state index is 12.1. The lowest BCUT2D eigenvalue weighted by Crippen LogP contribution is -2.44. The van der Waals surface area contributed by atoms with Gasteiger partial charge in [-0.25, -0.2) is 4.72 Å². The standard InChI is InChI=1S/C13H28N4O3S/c1-16(7-2-5-14-13-3-4-13)21(18,19)15-6-8-17-9-11-20-12-10-17/h13-15H,2-12H2,1H3. The molecule has 2 rings (SSSR count). The zero-order chi connectivity index (χ0) is 15.1. The predicted octanol–water partition coefficient (Wildman–Crippen LogP) is -0.773. The summed E-state index contributed by atoms with van der Waals surface area (Å²) in [5.74, 6) is 0. The molecule has 2 fully saturated rings. The number of morpholine rings is 1. The Kier molecular flexibility index (Phi) is 6.84. The monoisotopic (exact) mass is 320 g/mol. The van der Waals surface area contributed by atoms with Gasteiger partial charge in [0.15, 0.2) is 0 Å². The number of nitrogens with zero attached hydrogens (tertiary/aromatic N) is 2. The third-order valence-electron chi connectivity index (χ3n) is 3.89. The maximum Gasteiger partial charge on any atom is 0.279 e. The summed E-state index contributed by atoms with van der Waals surface area (Å²) in [5.41, 5.74) is 0. The summed E-state index contributed by atoms with van der Waals surface area (Å²) in [7, 11) is -1.72. The fourth-order valence-electron chi connectivity index (χ4n) is 2.28. The SMILES string of the molecule is CN(CCCNC1CC1)S(=O)(=O)NCCN1CCOCC1. The minimum atomic E-state index is -3.35. The lowest BCUT2D eigenvalue weighted by molar-refractivity contribution is 0.0390. The van der Waals surface area contributed by atoms with Crippen LogP contribution in [0.1, 0.15) is 19.3 Å². The molecule has 2 N–H and O–H groups in total. The van der Waals surface area contributed by atoms with Crippen molar-refractivity contribution >= 4 is 10.2 Å². The van der Waals surface area contributed by atoms with Crippen LogP contribution in [0.2, 0.25) is 0 Å². The average molecular weight is 320 g/mol. The van der Waals surface area contributed by atoms with Crippen molar-refractivity contribution in [3.05, 3.63) is 0 Å². The molecule has 1 heterocycles. The van der Waals surface area contributed by atoms with Crippen LogP contribution in [0.5, 0.6) is 0 Å². The fraction of sp³-hybridized carbons (Fsp3) is 1.00. The van der Waals surface area contributed by atoms with E-state index in [0.717, 1.165) is 45.8 Å². The molecule has 1 saturated heterocycles. The number of ether oxygens (including phenoxy) is 1. The Morgan fingerprint density at radius 3 is 2.62 bits per heavy atom. The lowest BCUT2D eigenvalue weighted by atomic mass is 10.4. The highest BCUT2D eigenvalue weighted by Gasteiger charge is 2.21. The molecule has 0 radical (unpaired) electrons. The first kappa shape index (κ1) is 17.1. The van der Waals surface area contributed by atoms with Crippen LogP contribution in [0.25, 0.3) is 0 Å². The Hall–Kier alpha value is -0.250. The van der Waals surface area contributed by atoms with Crippen molar-refractivity contribution < 1.29 is 13.2 Å². The highest BCUT2D eigenvalue weighted by Crippen LogP contribution is 2.18. The summed E-state index contributed by atoms with van der Waals surface area (Å²) in [6, 6.07) is 0.679. The molecule has 0 aromatic heterocycles. The molecule has 0 atom stereocenters. The zero-order valence-corrected chi connectivity index (χ0v) is 13.7. The van der Waals surface area contributed by atoms with Crippen LogP contribution in [0.4, 0.5) is 0 Å². The van der Waals surface area contributed by atoms with Gasteiger partial charge in [0.25, 0.3) is 10.2 Å². The van der Waals surface area contributed by atoms with E-state index in [-0.39, 0.29) is 0 Å². The molecular formula is C13H28N4O3S. The Balaban J connectivity index is 1.57. The van der Waals surface area contributed by atoms with Crippen molar-refractivity contribution in [3.63, 3.8) is 0 Å². The quantitative estimate of drug-likeness (QED) is 0.517. The average Bonchev–Trinajstić information content (AvgIpc) is 3.28. The van der Waals surface area contributed by atoms with Crippen molar-refractivity contribution in [1.29, 1.82) is 0 Å². The van der Waals surface area contributed by atoms with E-state index >= 15 is 0 Å². The van der Waals surface area contributed by atoms with E-state index in [4.69, 9.17) is 4.74 Å². The third kappa shape index (κ3) is 6.58. The number of nitrogens with one attached hydrogen (secondary N) is 2. The lowest BCUT2D eigenvalue weighted by Gasteiger charge is -2.27. The molecule has 124 valence electrons. The molecular weight excluding hydrogens is 292 g/mol. The van der Waals surface area contributed by atoms with E-state index in [1.54, 1.807) is 7.05 Å². The Bertz CT molecular complexity index is 394. The first-order chi connectivity index (χ1) is 10.1. The van der Waals surface area contributed by atoms with Gasteiger partial charge < -0.3 is 10.1 Å². The summed E-state index contributed by atoms with van der Waals surface area (Å²) in [6.07, 6.45) is 3.37. The third-order valence-corrected chi connectivity index (χ3v) is 5.46. The summed E-state index contributed by atoms with van der Waals surface area (Å²) in [4.78, 5) is 2.21. The topological polar surface area (TPSA) is 73.9 Å². The van der Waals surface area contributed by atoms with Crippen LogP contribution in [-0.2, 0) is 14.9 Å². The highest BCUT2D eigenvalue weighted by atomic mass is 32.2. The molecule has 0 spiro atoms. The predicted molar refractivity (Wildman–Crippen MR) is 82.5 cm³/mol. The summed E-state index contributed by atoms with van der Waals surface area (Å²) in [6.45, 7) is 5.85. The number of hydrogen-bond acceptors (Lipinski definition) is 5. The van der Waals surface area contributed by atoms with E-state index in [2.05, 4.69) is 14.9 Å². The second-order valence-electron chi connectivity index (χ2n) is 5.76. The molecule has 2 aliphatic rings. The normalized spacial score (nSPS) is 21.0. The van der Waals surface area contributed by atoms with Crippen LogP contribution in [0.15, 0.2) is 0 Å². The molecule has 0 amide bonds. The Morgan fingerprint density at radius 1 is 1.24 bits per heavy atom. The smallest absolute Gasteiger partial charge is 0.279 e. The molecule has 0 unspecified atom stereocenters. The van der Waals surface area contributed by atoms with E-state index in [9.17, 15) is 8.42 Å². The molecule has 0 aromatic carbocycles. The summed E-state index contributed by atoms with van der Waals surface area (Å²) < 4.78 is 33.5.